The Morgan fingerprint density at radius 1 is 0.328 bits per heavy atom. The lowest BCUT2D eigenvalue weighted by molar-refractivity contribution is 0.669. The van der Waals surface area contributed by atoms with Gasteiger partial charge in [0.25, 0.3) is 0 Å². The Kier molecular flexibility index (Phi) is 6.43. The van der Waals surface area contributed by atoms with Crippen LogP contribution >= 0.6 is 0 Å². The van der Waals surface area contributed by atoms with Crippen molar-refractivity contribution in [3.63, 3.8) is 0 Å². The highest BCUT2D eigenvalue weighted by Crippen LogP contribution is 2.61. The molecule has 0 saturated heterocycles. The fourth-order valence-corrected chi connectivity index (χ4v) is 10.6. The minimum Gasteiger partial charge on any atom is -0.456 e. The van der Waals surface area contributed by atoms with Gasteiger partial charge in [0.2, 0.25) is 0 Å². The Morgan fingerprint density at radius 3 is 1.66 bits per heavy atom. The molecular formula is C57H34O. The number of rotatable bonds is 4. The van der Waals surface area contributed by atoms with Crippen LogP contribution in [0, 0.1) is 0 Å². The van der Waals surface area contributed by atoms with Gasteiger partial charge in [0.15, 0.2) is 0 Å². The molecule has 1 nitrogen and oxygen atoms in total. The van der Waals surface area contributed by atoms with Gasteiger partial charge < -0.3 is 4.42 Å². The van der Waals surface area contributed by atoms with Crippen molar-refractivity contribution in [3.8, 4) is 33.4 Å². The van der Waals surface area contributed by atoms with Crippen LogP contribution < -0.4 is 0 Å². The summed E-state index contributed by atoms with van der Waals surface area (Å²) in [5.74, 6) is 0. The monoisotopic (exact) mass is 734 g/mol. The van der Waals surface area contributed by atoms with Gasteiger partial charge in [0.05, 0.1) is 5.41 Å². The smallest absolute Gasteiger partial charge is 0.135 e. The molecule has 0 aliphatic heterocycles. The van der Waals surface area contributed by atoms with E-state index in [4.69, 9.17) is 4.42 Å². The van der Waals surface area contributed by atoms with Gasteiger partial charge >= 0.3 is 0 Å². The lowest BCUT2D eigenvalue weighted by Crippen LogP contribution is -2.29. The number of hydrogen-bond acceptors (Lipinski definition) is 1. The van der Waals surface area contributed by atoms with Crippen LogP contribution in [0.3, 0.4) is 0 Å². The van der Waals surface area contributed by atoms with Gasteiger partial charge in [-0.1, -0.05) is 164 Å². The predicted octanol–water partition coefficient (Wildman–Crippen LogP) is 15.3. The zero-order valence-corrected chi connectivity index (χ0v) is 31.5. The number of para-hydroxylation sites is 1. The molecule has 1 heterocycles. The summed E-state index contributed by atoms with van der Waals surface area (Å²) in [7, 11) is 0. The van der Waals surface area contributed by atoms with E-state index in [0.717, 1.165) is 21.9 Å². The zero-order valence-electron chi connectivity index (χ0n) is 31.5. The third-order valence-corrected chi connectivity index (χ3v) is 13.0. The molecule has 12 aromatic rings. The Balaban J connectivity index is 1.15. The van der Waals surface area contributed by atoms with E-state index in [1.165, 1.54) is 98.7 Å². The van der Waals surface area contributed by atoms with Crippen molar-refractivity contribution < 1.29 is 4.42 Å². The molecule has 0 atom stereocenters. The van der Waals surface area contributed by atoms with Crippen LogP contribution in [0.4, 0.5) is 0 Å². The van der Waals surface area contributed by atoms with E-state index in [0.29, 0.717) is 0 Å². The van der Waals surface area contributed by atoms with Crippen molar-refractivity contribution in [3.05, 3.63) is 229 Å². The summed E-state index contributed by atoms with van der Waals surface area (Å²) in [6.45, 7) is 0. The molecule has 0 amide bonds. The highest BCUT2D eigenvalue weighted by atomic mass is 16.3. The molecule has 11 aromatic carbocycles. The van der Waals surface area contributed by atoms with Gasteiger partial charge in [0, 0.05) is 10.8 Å². The third kappa shape index (κ3) is 4.25. The standard InChI is InChI=1S/C57H34O/c1-3-15-43(16-4-1)57(44-17-5-2-6-18-44)50-34-37(42-30-40-24-22-35-13-11-14-36-23-25-41(31-42)54(40)53(35)36)26-28-47(50)55-45-19-8-7-12-38(45)32-48(56(55)57)39-27-29-52-49(33-39)46-20-9-10-21-51(46)58-52/h1-34H. The summed E-state index contributed by atoms with van der Waals surface area (Å²) in [6, 6.07) is 76.8. The fraction of sp³-hybridized carbons (Fsp3) is 0.0175. The van der Waals surface area contributed by atoms with Crippen LogP contribution in [0.1, 0.15) is 22.3 Å². The summed E-state index contributed by atoms with van der Waals surface area (Å²) >= 11 is 0. The number of fused-ring (bicyclic) bond motifs is 8. The SMILES string of the molecule is c1ccc(C2(c3ccccc3)c3cc(-c4cc5ccc6cccc7ccc(c4)c5c67)ccc3-c3c2c(-c2ccc4oc5ccccc5c4c2)cc2ccccc32)cc1. The van der Waals surface area contributed by atoms with Crippen molar-refractivity contribution in [1.82, 2.24) is 0 Å². The molecule has 0 saturated carbocycles. The van der Waals surface area contributed by atoms with E-state index >= 15 is 0 Å². The van der Waals surface area contributed by atoms with E-state index in [2.05, 4.69) is 200 Å². The summed E-state index contributed by atoms with van der Waals surface area (Å²) < 4.78 is 6.35. The predicted molar refractivity (Wildman–Crippen MR) is 243 cm³/mol. The third-order valence-electron chi connectivity index (χ3n) is 13.0. The first-order valence-corrected chi connectivity index (χ1v) is 20.2. The Morgan fingerprint density at radius 2 is 0.914 bits per heavy atom. The molecule has 13 rings (SSSR count). The highest BCUT2D eigenvalue weighted by Gasteiger charge is 2.48. The van der Waals surface area contributed by atoms with Crippen molar-refractivity contribution in [2.75, 3.05) is 0 Å². The topological polar surface area (TPSA) is 13.1 Å². The van der Waals surface area contributed by atoms with Crippen molar-refractivity contribution in [2.24, 2.45) is 0 Å². The quantitative estimate of drug-likeness (QED) is 0.164. The molecule has 0 unspecified atom stereocenters. The number of furan rings is 1. The van der Waals surface area contributed by atoms with Crippen LogP contribution in [0.2, 0.25) is 0 Å². The van der Waals surface area contributed by atoms with Crippen molar-refractivity contribution in [1.29, 1.82) is 0 Å². The molecule has 58 heavy (non-hydrogen) atoms. The van der Waals surface area contributed by atoms with Gasteiger partial charge in [-0.15, -0.1) is 0 Å². The fourth-order valence-electron chi connectivity index (χ4n) is 10.6. The maximum absolute atomic E-state index is 6.35. The number of hydrogen-bond donors (Lipinski definition) is 0. The summed E-state index contributed by atoms with van der Waals surface area (Å²) in [5.41, 5.74) is 13.7. The molecule has 268 valence electrons. The van der Waals surface area contributed by atoms with Crippen molar-refractivity contribution >= 4 is 65.0 Å². The van der Waals surface area contributed by atoms with Gasteiger partial charge in [-0.3, -0.25) is 0 Å². The Labute approximate surface area is 335 Å². The zero-order chi connectivity index (χ0) is 38.0. The van der Waals surface area contributed by atoms with E-state index < -0.39 is 5.41 Å². The first kappa shape index (κ1) is 31.7. The normalized spacial score (nSPS) is 13.3. The number of benzene rings is 11. The van der Waals surface area contributed by atoms with E-state index in [1.54, 1.807) is 0 Å². The molecule has 0 fully saturated rings. The van der Waals surface area contributed by atoms with E-state index in [-0.39, 0.29) is 0 Å². The van der Waals surface area contributed by atoms with Crippen LogP contribution in [-0.2, 0) is 5.41 Å². The van der Waals surface area contributed by atoms with E-state index in [9.17, 15) is 0 Å². The minimum absolute atomic E-state index is 0.619. The van der Waals surface area contributed by atoms with Gasteiger partial charge in [-0.2, -0.15) is 0 Å². The Hall–Kier alpha value is -7.48. The van der Waals surface area contributed by atoms with Crippen LogP contribution in [0.15, 0.2) is 211 Å². The largest absolute Gasteiger partial charge is 0.456 e. The maximum Gasteiger partial charge on any atom is 0.135 e. The molecule has 0 radical (unpaired) electrons. The second-order valence-electron chi connectivity index (χ2n) is 16.0. The molecule has 1 aromatic heterocycles. The summed E-state index contributed by atoms with van der Waals surface area (Å²) in [4.78, 5) is 0. The molecule has 0 bridgehead atoms. The van der Waals surface area contributed by atoms with Crippen LogP contribution in [0.5, 0.6) is 0 Å². The van der Waals surface area contributed by atoms with Crippen molar-refractivity contribution in [2.45, 2.75) is 5.41 Å². The second-order valence-corrected chi connectivity index (χ2v) is 16.0. The summed E-state index contributed by atoms with van der Waals surface area (Å²) in [5, 5.41) is 12.6. The Bertz CT molecular complexity index is 3510. The maximum atomic E-state index is 6.35. The average Bonchev–Trinajstić information content (AvgIpc) is 3.82. The molecule has 1 aliphatic rings. The molecule has 1 heteroatoms. The lowest BCUT2D eigenvalue weighted by atomic mass is 9.65. The summed E-state index contributed by atoms with van der Waals surface area (Å²) in [6.07, 6.45) is 0. The minimum atomic E-state index is -0.619. The molecule has 1 aliphatic carbocycles. The molecule has 0 spiro atoms. The first-order chi connectivity index (χ1) is 28.7. The lowest BCUT2D eigenvalue weighted by Gasteiger charge is -2.35. The highest BCUT2D eigenvalue weighted by molar-refractivity contribution is 6.24. The first-order valence-electron chi connectivity index (χ1n) is 20.2. The van der Waals surface area contributed by atoms with Gasteiger partial charge in [0.1, 0.15) is 11.2 Å². The molecular weight excluding hydrogens is 701 g/mol. The average molecular weight is 735 g/mol. The second kappa shape index (κ2) is 11.8. The van der Waals surface area contributed by atoms with Gasteiger partial charge in [-0.25, -0.2) is 0 Å². The molecule has 0 N–H and O–H groups in total. The van der Waals surface area contributed by atoms with Gasteiger partial charge in [-0.05, 0) is 141 Å². The van der Waals surface area contributed by atoms with Crippen LogP contribution in [-0.4, -0.2) is 0 Å². The van der Waals surface area contributed by atoms with Crippen LogP contribution in [0.25, 0.3) is 98.4 Å². The van der Waals surface area contributed by atoms with E-state index in [1.807, 2.05) is 6.07 Å².